The summed E-state index contributed by atoms with van der Waals surface area (Å²) in [4.78, 5) is 33.8. The molecule has 1 atom stereocenters. The number of aromatic nitrogens is 2. The summed E-state index contributed by atoms with van der Waals surface area (Å²) in [5, 5.41) is 4.27. The van der Waals surface area contributed by atoms with Crippen LogP contribution in [0.15, 0.2) is 36.7 Å². The van der Waals surface area contributed by atoms with Gasteiger partial charge in [0, 0.05) is 63.1 Å². The molecule has 0 radical (unpaired) electrons. The largest absolute Gasteiger partial charge is 0.378 e. The summed E-state index contributed by atoms with van der Waals surface area (Å²) in [6, 6.07) is 7.66. The number of benzene rings is 1. The van der Waals surface area contributed by atoms with E-state index in [4.69, 9.17) is 4.74 Å². The Labute approximate surface area is 188 Å². The van der Waals surface area contributed by atoms with Gasteiger partial charge in [-0.2, -0.15) is 5.10 Å². The minimum atomic E-state index is -0.544. The van der Waals surface area contributed by atoms with Crippen molar-refractivity contribution in [3.05, 3.63) is 53.3 Å². The molecule has 8 heteroatoms. The van der Waals surface area contributed by atoms with Crippen LogP contribution in [-0.2, 0) is 23.1 Å². The molecule has 8 nitrogen and oxygen atoms in total. The average Bonchev–Trinajstić information content (AvgIpc) is 3.17. The zero-order valence-corrected chi connectivity index (χ0v) is 19.0. The number of likely N-dealkylation sites (tertiary alicyclic amines) is 1. The topological polar surface area (TPSA) is 70.9 Å². The molecule has 2 amide bonds. The fourth-order valence-corrected chi connectivity index (χ4v) is 5.77. The summed E-state index contributed by atoms with van der Waals surface area (Å²) in [7, 11) is 1.91. The molecule has 0 N–H and O–H groups in total. The Morgan fingerprint density at radius 3 is 2.59 bits per heavy atom. The van der Waals surface area contributed by atoms with Crippen LogP contribution in [0.2, 0.25) is 0 Å². The standard InChI is InChI=1S/C24H31N5O3/c1-17(2)29-22(30)20-7-5-4-6-19(20)21(23(31)28-8-10-32-11-9-28)24(29)15-27(16-24)14-18-12-25-26(3)13-18/h4-7,12-13,17,21H,8-11,14-16H2,1-3H3. The molecule has 1 aromatic carbocycles. The van der Waals surface area contributed by atoms with E-state index >= 15 is 0 Å². The number of rotatable bonds is 4. The molecule has 0 bridgehead atoms. The van der Waals surface area contributed by atoms with Crippen molar-refractivity contribution in [3.8, 4) is 0 Å². The zero-order chi connectivity index (χ0) is 22.5. The van der Waals surface area contributed by atoms with Gasteiger partial charge in [0.15, 0.2) is 0 Å². The van der Waals surface area contributed by atoms with E-state index in [0.29, 0.717) is 45.0 Å². The third kappa shape index (κ3) is 3.33. The van der Waals surface area contributed by atoms with Crippen LogP contribution in [-0.4, -0.2) is 87.3 Å². The molecule has 2 saturated heterocycles. The van der Waals surface area contributed by atoms with E-state index in [1.165, 1.54) is 0 Å². The smallest absolute Gasteiger partial charge is 0.254 e. The van der Waals surface area contributed by atoms with Gasteiger partial charge in [0.25, 0.3) is 5.91 Å². The molecule has 0 saturated carbocycles. The van der Waals surface area contributed by atoms with Gasteiger partial charge in [0.05, 0.1) is 30.9 Å². The number of carbonyl (C=O) groups is 2. The number of hydrogen-bond acceptors (Lipinski definition) is 5. The van der Waals surface area contributed by atoms with Crippen molar-refractivity contribution in [1.82, 2.24) is 24.5 Å². The predicted octanol–water partition coefficient (Wildman–Crippen LogP) is 1.48. The van der Waals surface area contributed by atoms with E-state index in [2.05, 4.69) is 10.00 Å². The molecule has 2 fully saturated rings. The van der Waals surface area contributed by atoms with Gasteiger partial charge in [-0.3, -0.25) is 19.2 Å². The molecule has 4 heterocycles. The summed E-state index contributed by atoms with van der Waals surface area (Å²) in [6.45, 7) is 8.52. The van der Waals surface area contributed by atoms with Crippen molar-refractivity contribution in [1.29, 1.82) is 0 Å². The first-order chi connectivity index (χ1) is 15.4. The fourth-order valence-electron chi connectivity index (χ4n) is 5.77. The maximum Gasteiger partial charge on any atom is 0.254 e. The van der Waals surface area contributed by atoms with E-state index < -0.39 is 5.54 Å². The van der Waals surface area contributed by atoms with Gasteiger partial charge in [-0.15, -0.1) is 0 Å². The molecule has 1 unspecified atom stereocenters. The second-order valence-corrected chi connectivity index (χ2v) is 9.50. The molecule has 1 spiro atoms. The molecule has 0 aliphatic carbocycles. The highest BCUT2D eigenvalue weighted by atomic mass is 16.5. The van der Waals surface area contributed by atoms with Crippen LogP contribution in [0.4, 0.5) is 0 Å². The Morgan fingerprint density at radius 1 is 1.22 bits per heavy atom. The van der Waals surface area contributed by atoms with E-state index in [1.54, 1.807) is 4.68 Å². The minimum absolute atomic E-state index is 0.00335. The predicted molar refractivity (Wildman–Crippen MR) is 119 cm³/mol. The normalized spacial score (nSPS) is 22.9. The van der Waals surface area contributed by atoms with Crippen LogP contribution in [0, 0.1) is 0 Å². The molecular weight excluding hydrogens is 406 g/mol. The molecule has 3 aliphatic rings. The number of hydrogen-bond donors (Lipinski definition) is 0. The summed E-state index contributed by atoms with van der Waals surface area (Å²) in [6.07, 6.45) is 3.89. The maximum absolute atomic E-state index is 14.0. The highest BCUT2D eigenvalue weighted by molar-refractivity contribution is 6.02. The lowest BCUT2D eigenvalue weighted by atomic mass is 9.67. The molecule has 3 aliphatic heterocycles. The van der Waals surface area contributed by atoms with Gasteiger partial charge >= 0.3 is 0 Å². The SMILES string of the molecule is CC(C)N1C(=O)c2ccccc2C(C(=O)N2CCOCC2)C12CN(Cc1cnn(C)c1)C2. The maximum atomic E-state index is 14.0. The lowest BCUT2D eigenvalue weighted by Crippen LogP contribution is -2.77. The molecule has 5 rings (SSSR count). The van der Waals surface area contributed by atoms with Crippen molar-refractivity contribution in [2.45, 2.75) is 37.9 Å². The van der Waals surface area contributed by atoms with Gasteiger partial charge in [0.2, 0.25) is 5.91 Å². The first kappa shape index (κ1) is 21.2. The van der Waals surface area contributed by atoms with Crippen molar-refractivity contribution in [2.24, 2.45) is 7.05 Å². The Bertz CT molecular complexity index is 1020. The summed E-state index contributed by atoms with van der Waals surface area (Å²) >= 11 is 0. The third-order valence-electron chi connectivity index (χ3n) is 6.98. The quantitative estimate of drug-likeness (QED) is 0.725. The number of fused-ring (bicyclic) bond motifs is 1. The number of aryl methyl sites for hydroxylation is 1. The van der Waals surface area contributed by atoms with Crippen molar-refractivity contribution in [3.63, 3.8) is 0 Å². The monoisotopic (exact) mass is 437 g/mol. The molecule has 1 aromatic heterocycles. The summed E-state index contributed by atoms with van der Waals surface area (Å²) in [5.41, 5.74) is 2.12. The first-order valence-electron chi connectivity index (χ1n) is 11.4. The van der Waals surface area contributed by atoms with Crippen LogP contribution < -0.4 is 0 Å². The second kappa shape index (κ2) is 8.01. The van der Waals surface area contributed by atoms with Gasteiger partial charge < -0.3 is 14.5 Å². The van der Waals surface area contributed by atoms with Gasteiger partial charge in [-0.05, 0) is 25.5 Å². The first-order valence-corrected chi connectivity index (χ1v) is 11.4. The highest BCUT2D eigenvalue weighted by Gasteiger charge is 2.61. The third-order valence-corrected chi connectivity index (χ3v) is 6.98. The van der Waals surface area contributed by atoms with E-state index in [-0.39, 0.29) is 23.8 Å². The van der Waals surface area contributed by atoms with Gasteiger partial charge in [-0.25, -0.2) is 0 Å². The Kier molecular flexibility index (Phi) is 5.29. The lowest BCUT2D eigenvalue weighted by Gasteiger charge is -2.62. The number of carbonyl (C=O) groups excluding carboxylic acids is 2. The average molecular weight is 438 g/mol. The van der Waals surface area contributed by atoms with E-state index in [1.807, 2.05) is 67.4 Å². The van der Waals surface area contributed by atoms with Crippen molar-refractivity contribution < 1.29 is 14.3 Å². The molecule has 32 heavy (non-hydrogen) atoms. The summed E-state index contributed by atoms with van der Waals surface area (Å²) in [5.74, 6) is -0.232. The Morgan fingerprint density at radius 2 is 1.94 bits per heavy atom. The van der Waals surface area contributed by atoms with Crippen LogP contribution in [0.3, 0.4) is 0 Å². The molecular formula is C24H31N5O3. The second-order valence-electron chi connectivity index (χ2n) is 9.50. The van der Waals surface area contributed by atoms with Crippen LogP contribution in [0.25, 0.3) is 0 Å². The van der Waals surface area contributed by atoms with Crippen LogP contribution in [0.5, 0.6) is 0 Å². The van der Waals surface area contributed by atoms with E-state index in [9.17, 15) is 9.59 Å². The van der Waals surface area contributed by atoms with Crippen LogP contribution >= 0.6 is 0 Å². The van der Waals surface area contributed by atoms with Gasteiger partial charge in [-0.1, -0.05) is 18.2 Å². The lowest BCUT2D eigenvalue weighted by molar-refractivity contribution is -0.148. The van der Waals surface area contributed by atoms with Crippen molar-refractivity contribution in [2.75, 3.05) is 39.4 Å². The Hall–Kier alpha value is -2.71. The zero-order valence-electron chi connectivity index (χ0n) is 19.0. The van der Waals surface area contributed by atoms with Crippen LogP contribution in [0.1, 0.15) is 41.3 Å². The number of morpholine rings is 1. The number of ether oxygens (including phenoxy) is 1. The van der Waals surface area contributed by atoms with Crippen molar-refractivity contribution >= 4 is 11.8 Å². The number of nitrogens with zero attached hydrogens (tertiary/aromatic N) is 5. The summed E-state index contributed by atoms with van der Waals surface area (Å²) < 4.78 is 7.29. The van der Waals surface area contributed by atoms with E-state index in [0.717, 1.165) is 17.7 Å². The molecule has 2 aromatic rings. The fraction of sp³-hybridized carbons (Fsp3) is 0.542. The van der Waals surface area contributed by atoms with Gasteiger partial charge in [0.1, 0.15) is 0 Å². The number of amides is 2. The minimum Gasteiger partial charge on any atom is -0.378 e. The highest BCUT2D eigenvalue weighted by Crippen LogP contribution is 2.48. The molecule has 170 valence electrons. The Balaban J connectivity index is 1.53.